The Kier molecular flexibility index (Phi) is 4.60. The molecule has 2 unspecified atom stereocenters. The molecule has 4 heteroatoms. The molecule has 2 aliphatic rings. The predicted molar refractivity (Wildman–Crippen MR) is 90.6 cm³/mol. The van der Waals surface area contributed by atoms with Gasteiger partial charge in [0, 0.05) is 23.9 Å². The van der Waals surface area contributed by atoms with Gasteiger partial charge < -0.3 is 10.1 Å². The highest BCUT2D eigenvalue weighted by Crippen LogP contribution is 2.34. The number of aryl methyl sites for hydroxylation is 2. The summed E-state index contributed by atoms with van der Waals surface area (Å²) in [4.78, 5) is 14.7. The van der Waals surface area contributed by atoms with E-state index < -0.39 is 0 Å². The molecule has 1 fully saturated rings. The van der Waals surface area contributed by atoms with Crippen LogP contribution >= 0.6 is 11.3 Å². The van der Waals surface area contributed by atoms with Gasteiger partial charge in [0.05, 0.1) is 11.0 Å². The van der Waals surface area contributed by atoms with E-state index in [0.717, 1.165) is 43.7 Å². The average Bonchev–Trinajstić information content (AvgIpc) is 3.05. The number of thiophene rings is 1. The highest BCUT2D eigenvalue weighted by Gasteiger charge is 2.35. The molecule has 1 aliphatic heterocycles. The summed E-state index contributed by atoms with van der Waals surface area (Å²) in [5, 5.41) is 3.15. The van der Waals surface area contributed by atoms with Crippen LogP contribution in [-0.4, -0.2) is 25.2 Å². The molecule has 1 amide bonds. The molecule has 0 spiro atoms. The van der Waals surface area contributed by atoms with Crippen LogP contribution in [0, 0.1) is 11.3 Å². The summed E-state index contributed by atoms with van der Waals surface area (Å²) < 4.78 is 5.99. The van der Waals surface area contributed by atoms with Gasteiger partial charge in [-0.1, -0.05) is 20.8 Å². The quantitative estimate of drug-likeness (QED) is 0.919. The molecule has 2 heterocycles. The molecular formula is C18H27NO2S. The summed E-state index contributed by atoms with van der Waals surface area (Å²) >= 11 is 1.68. The van der Waals surface area contributed by atoms with Gasteiger partial charge in [0.25, 0.3) is 5.91 Å². The standard InChI is InChI=1S/C18H27NO2S/c1-18(2,3)16-13(7-5-9-21-16)11-19-17(20)15-10-12-6-4-8-14(12)22-15/h10,13,16H,4-9,11H2,1-3H3,(H,19,20). The van der Waals surface area contributed by atoms with Gasteiger partial charge in [0.15, 0.2) is 0 Å². The number of carbonyl (C=O) groups excluding carboxylic acids is 1. The molecule has 0 aromatic carbocycles. The first kappa shape index (κ1) is 16.0. The number of fused-ring (bicyclic) bond motifs is 1. The Morgan fingerprint density at radius 2 is 2.18 bits per heavy atom. The smallest absolute Gasteiger partial charge is 0.261 e. The summed E-state index contributed by atoms with van der Waals surface area (Å²) in [6, 6.07) is 2.10. The minimum atomic E-state index is 0.0950. The molecule has 1 saturated heterocycles. The fourth-order valence-electron chi connectivity index (χ4n) is 3.76. The number of amides is 1. The Morgan fingerprint density at radius 3 is 2.91 bits per heavy atom. The zero-order chi connectivity index (χ0) is 15.7. The highest BCUT2D eigenvalue weighted by molar-refractivity contribution is 7.14. The van der Waals surface area contributed by atoms with Crippen molar-refractivity contribution < 1.29 is 9.53 Å². The molecular weight excluding hydrogens is 294 g/mol. The summed E-state index contributed by atoms with van der Waals surface area (Å²) in [6.45, 7) is 8.25. The lowest BCUT2D eigenvalue weighted by Crippen LogP contribution is -2.45. The van der Waals surface area contributed by atoms with E-state index in [4.69, 9.17) is 4.74 Å². The van der Waals surface area contributed by atoms with Crippen molar-refractivity contribution >= 4 is 17.2 Å². The molecule has 0 radical (unpaired) electrons. The van der Waals surface area contributed by atoms with Crippen LogP contribution in [0.15, 0.2) is 6.07 Å². The molecule has 0 bridgehead atoms. The summed E-state index contributed by atoms with van der Waals surface area (Å²) in [5.41, 5.74) is 1.52. The summed E-state index contributed by atoms with van der Waals surface area (Å²) in [7, 11) is 0. The van der Waals surface area contributed by atoms with Crippen LogP contribution in [0.1, 0.15) is 60.1 Å². The van der Waals surface area contributed by atoms with Gasteiger partial charge in [-0.25, -0.2) is 0 Å². The largest absolute Gasteiger partial charge is 0.377 e. The van der Waals surface area contributed by atoms with Gasteiger partial charge in [0.1, 0.15) is 0 Å². The van der Waals surface area contributed by atoms with Crippen LogP contribution in [0.2, 0.25) is 0 Å². The Labute approximate surface area is 137 Å². The number of hydrogen-bond donors (Lipinski definition) is 1. The molecule has 3 nitrogen and oxygen atoms in total. The molecule has 0 saturated carbocycles. The molecule has 1 aromatic heterocycles. The van der Waals surface area contributed by atoms with E-state index >= 15 is 0 Å². The van der Waals surface area contributed by atoms with Crippen LogP contribution in [0.5, 0.6) is 0 Å². The Bertz CT molecular complexity index is 522. The van der Waals surface area contributed by atoms with Crippen LogP contribution in [-0.2, 0) is 17.6 Å². The van der Waals surface area contributed by atoms with Gasteiger partial charge in [0.2, 0.25) is 0 Å². The van der Waals surface area contributed by atoms with E-state index in [1.807, 2.05) is 0 Å². The van der Waals surface area contributed by atoms with Gasteiger partial charge in [-0.05, 0) is 49.1 Å². The topological polar surface area (TPSA) is 38.3 Å². The first-order valence-corrected chi connectivity index (χ1v) is 9.28. The summed E-state index contributed by atoms with van der Waals surface area (Å²) in [6.07, 6.45) is 6.01. The maximum Gasteiger partial charge on any atom is 0.261 e. The van der Waals surface area contributed by atoms with Crippen molar-refractivity contribution in [3.05, 3.63) is 21.4 Å². The minimum absolute atomic E-state index is 0.0950. The van der Waals surface area contributed by atoms with E-state index in [0.29, 0.717) is 5.92 Å². The highest BCUT2D eigenvalue weighted by atomic mass is 32.1. The molecule has 1 N–H and O–H groups in total. The lowest BCUT2D eigenvalue weighted by atomic mass is 9.78. The first-order valence-electron chi connectivity index (χ1n) is 8.46. The van der Waals surface area contributed by atoms with E-state index in [9.17, 15) is 4.79 Å². The molecule has 1 aliphatic carbocycles. The second-order valence-corrected chi connectivity index (χ2v) is 8.82. The Balaban J connectivity index is 1.59. The van der Waals surface area contributed by atoms with E-state index in [2.05, 4.69) is 32.2 Å². The predicted octanol–water partition coefficient (Wildman–Crippen LogP) is 3.81. The second kappa shape index (κ2) is 6.32. The fourth-order valence-corrected chi connectivity index (χ4v) is 4.93. The van der Waals surface area contributed by atoms with Crippen molar-refractivity contribution in [1.29, 1.82) is 0 Å². The molecule has 22 heavy (non-hydrogen) atoms. The molecule has 122 valence electrons. The maximum absolute atomic E-state index is 12.4. The summed E-state index contributed by atoms with van der Waals surface area (Å²) in [5.74, 6) is 0.516. The maximum atomic E-state index is 12.4. The van der Waals surface area contributed by atoms with Crippen molar-refractivity contribution in [2.75, 3.05) is 13.2 Å². The number of carbonyl (C=O) groups is 1. The second-order valence-electron chi connectivity index (χ2n) is 7.68. The third-order valence-electron chi connectivity index (χ3n) is 4.79. The van der Waals surface area contributed by atoms with E-state index in [-0.39, 0.29) is 17.4 Å². The van der Waals surface area contributed by atoms with Crippen LogP contribution in [0.25, 0.3) is 0 Å². The molecule has 2 atom stereocenters. The zero-order valence-electron chi connectivity index (χ0n) is 13.9. The Morgan fingerprint density at radius 1 is 1.36 bits per heavy atom. The molecule has 3 rings (SSSR count). The zero-order valence-corrected chi connectivity index (χ0v) is 14.7. The third-order valence-corrected chi connectivity index (χ3v) is 6.03. The molecule has 1 aromatic rings. The lowest BCUT2D eigenvalue weighted by Gasteiger charge is -2.40. The van der Waals surface area contributed by atoms with Gasteiger partial charge >= 0.3 is 0 Å². The van der Waals surface area contributed by atoms with Gasteiger partial charge in [-0.15, -0.1) is 11.3 Å². The van der Waals surface area contributed by atoms with Crippen molar-refractivity contribution in [1.82, 2.24) is 5.32 Å². The normalized spacial score (nSPS) is 25.0. The van der Waals surface area contributed by atoms with Crippen molar-refractivity contribution in [3.63, 3.8) is 0 Å². The number of rotatable bonds is 3. The monoisotopic (exact) mass is 321 g/mol. The van der Waals surface area contributed by atoms with E-state index in [1.54, 1.807) is 11.3 Å². The fraction of sp³-hybridized carbons (Fsp3) is 0.722. The Hall–Kier alpha value is -0.870. The van der Waals surface area contributed by atoms with Crippen molar-refractivity contribution in [2.45, 2.75) is 59.0 Å². The van der Waals surface area contributed by atoms with Crippen LogP contribution in [0.3, 0.4) is 0 Å². The number of hydrogen-bond acceptors (Lipinski definition) is 3. The average molecular weight is 321 g/mol. The number of nitrogens with one attached hydrogen (secondary N) is 1. The SMILES string of the molecule is CC(C)(C)C1OCCCC1CNC(=O)c1cc2c(s1)CCC2. The van der Waals surface area contributed by atoms with E-state index in [1.165, 1.54) is 16.9 Å². The van der Waals surface area contributed by atoms with Gasteiger partial charge in [-0.3, -0.25) is 4.79 Å². The number of ether oxygens (including phenoxy) is 1. The minimum Gasteiger partial charge on any atom is -0.377 e. The first-order chi connectivity index (χ1) is 10.4. The van der Waals surface area contributed by atoms with Crippen LogP contribution < -0.4 is 5.32 Å². The van der Waals surface area contributed by atoms with Crippen molar-refractivity contribution in [3.8, 4) is 0 Å². The van der Waals surface area contributed by atoms with Crippen LogP contribution in [0.4, 0.5) is 0 Å². The lowest BCUT2D eigenvalue weighted by molar-refractivity contribution is -0.0839. The third kappa shape index (κ3) is 3.38. The van der Waals surface area contributed by atoms with Crippen molar-refractivity contribution in [2.24, 2.45) is 11.3 Å². The van der Waals surface area contributed by atoms with Gasteiger partial charge in [-0.2, -0.15) is 0 Å².